The number of carboxylic acid groups (broad SMARTS) is 2. The molecular weight excluding hydrogens is 1200 g/mol. The summed E-state index contributed by atoms with van der Waals surface area (Å²) in [6, 6.07) is -17.7. The van der Waals surface area contributed by atoms with Crippen LogP contribution in [0.1, 0.15) is 139 Å². The van der Waals surface area contributed by atoms with Gasteiger partial charge in [-0.3, -0.25) is 67.1 Å². The lowest BCUT2D eigenvalue weighted by atomic mass is 9.95. The molecule has 0 unspecified atom stereocenters. The molecule has 0 aromatic heterocycles. The molecule has 0 aromatic carbocycles. The van der Waals surface area contributed by atoms with Crippen molar-refractivity contribution in [2.75, 3.05) is 26.2 Å². The molecule has 0 aliphatic carbocycles. The van der Waals surface area contributed by atoms with Gasteiger partial charge in [-0.15, -0.1) is 0 Å². The van der Waals surface area contributed by atoms with Crippen LogP contribution < -0.4 is 87.2 Å². The third kappa shape index (κ3) is 30.5. The average molecular weight is 1300 g/mol. The van der Waals surface area contributed by atoms with Crippen LogP contribution in [-0.4, -0.2) is 208 Å². The Labute approximate surface area is 528 Å². The van der Waals surface area contributed by atoms with Gasteiger partial charge in [0.15, 0.2) is 0 Å². The summed E-state index contributed by atoms with van der Waals surface area (Å²) in [4.78, 5) is 199. The van der Waals surface area contributed by atoms with Crippen molar-refractivity contribution < 1.29 is 92.3 Å². The van der Waals surface area contributed by atoms with Gasteiger partial charge < -0.3 is 108 Å². The maximum atomic E-state index is 14.1. The third-order valence-electron chi connectivity index (χ3n) is 14.7. The van der Waals surface area contributed by atoms with E-state index in [0.717, 1.165) is 6.92 Å². The molecule has 0 saturated carbocycles. The zero-order valence-corrected chi connectivity index (χ0v) is 53.4. The highest BCUT2D eigenvalue weighted by Gasteiger charge is 2.39. The lowest BCUT2D eigenvalue weighted by Gasteiger charge is -2.30. The third-order valence-corrected chi connectivity index (χ3v) is 14.7. The Morgan fingerprint density at radius 1 is 0.385 bits per heavy atom. The number of aliphatic carboxylic acids is 2. The van der Waals surface area contributed by atoms with Gasteiger partial charge in [0.25, 0.3) is 0 Å². The zero-order chi connectivity index (χ0) is 70.0. The lowest BCUT2D eigenvalue weighted by Crippen LogP contribution is -2.63. The second kappa shape index (κ2) is 42.8. The Hall–Kier alpha value is -8.15. The fraction of sp³-hybridized carbons (Fsp3) is 0.732. The summed E-state index contributed by atoms with van der Waals surface area (Å²) in [5.74, 6) is -19.3. The summed E-state index contributed by atoms with van der Waals surface area (Å²) in [7, 11) is 0. The number of carbonyl (C=O) groups is 15. The molecule has 0 aromatic rings. The Bertz CT molecular complexity index is 2490. The topological polar surface area (TPSA) is 599 Å². The molecular formula is C56H100N16O19. The van der Waals surface area contributed by atoms with Crippen LogP contribution in [0.15, 0.2) is 0 Å². The van der Waals surface area contributed by atoms with Crippen LogP contribution >= 0.6 is 0 Å². The number of carbonyl (C=O) groups excluding carboxylic acids is 13. The lowest BCUT2D eigenvalue weighted by molar-refractivity contribution is -0.143. The van der Waals surface area contributed by atoms with Gasteiger partial charge in [-0.05, 0) is 88.6 Å². The molecule has 0 heterocycles. The molecule has 0 fully saturated rings. The number of nitrogens with two attached hydrogens (primary N) is 5. The molecule has 0 bridgehead atoms. The molecule has 13 amide bonds. The van der Waals surface area contributed by atoms with Crippen LogP contribution in [0.5, 0.6) is 0 Å². The van der Waals surface area contributed by atoms with Crippen molar-refractivity contribution in [1.82, 2.24) is 58.5 Å². The van der Waals surface area contributed by atoms with E-state index < -0.39 is 224 Å². The summed E-state index contributed by atoms with van der Waals surface area (Å²) < 4.78 is 0. The van der Waals surface area contributed by atoms with Crippen molar-refractivity contribution in [2.24, 2.45) is 52.3 Å². The number of primary amides is 2. The second-order valence-electron chi connectivity index (χ2n) is 22.9. The van der Waals surface area contributed by atoms with E-state index in [-0.39, 0.29) is 38.8 Å². The number of aliphatic hydroxyl groups is 2. The number of rotatable bonds is 46. The Morgan fingerprint density at radius 2 is 0.703 bits per heavy atom. The first-order valence-corrected chi connectivity index (χ1v) is 30.3. The summed E-state index contributed by atoms with van der Waals surface area (Å²) in [5, 5.41) is 66.2. The van der Waals surface area contributed by atoms with E-state index in [1.165, 1.54) is 27.7 Å². The first kappa shape index (κ1) is 82.8. The molecule has 0 saturated heterocycles. The van der Waals surface area contributed by atoms with Crippen LogP contribution in [0, 0.1) is 23.7 Å². The van der Waals surface area contributed by atoms with Gasteiger partial charge in [-0.2, -0.15) is 0 Å². The Kier molecular flexibility index (Phi) is 38.9. The van der Waals surface area contributed by atoms with Crippen LogP contribution in [0.2, 0.25) is 0 Å². The van der Waals surface area contributed by atoms with Crippen molar-refractivity contribution in [2.45, 2.75) is 212 Å². The summed E-state index contributed by atoms with van der Waals surface area (Å²) in [6.45, 7) is 12.4. The molecule has 0 spiro atoms. The fourth-order valence-corrected chi connectivity index (χ4v) is 8.77. The number of unbranched alkanes of at least 4 members (excludes halogenated alkanes) is 2. The van der Waals surface area contributed by atoms with E-state index in [2.05, 4.69) is 58.5 Å². The molecule has 0 rings (SSSR count). The van der Waals surface area contributed by atoms with Gasteiger partial charge in [0, 0.05) is 6.42 Å². The van der Waals surface area contributed by atoms with Crippen molar-refractivity contribution in [3.63, 3.8) is 0 Å². The molecule has 25 N–H and O–H groups in total. The van der Waals surface area contributed by atoms with Gasteiger partial charge >= 0.3 is 11.9 Å². The molecule has 518 valence electrons. The second-order valence-corrected chi connectivity index (χ2v) is 22.9. The normalized spacial score (nSPS) is 15.8. The first-order chi connectivity index (χ1) is 42.5. The smallest absolute Gasteiger partial charge is 0.326 e. The highest BCUT2D eigenvalue weighted by atomic mass is 16.4. The molecule has 0 aliphatic rings. The van der Waals surface area contributed by atoms with E-state index >= 15 is 0 Å². The number of hydrogen-bond donors (Lipinski definition) is 20. The monoisotopic (exact) mass is 1300 g/mol. The molecule has 14 atom stereocenters. The average Bonchev–Trinajstić information content (AvgIpc) is 3.69. The standard InChI is InChI=1S/C56H100N16O19/c1-10-28(7)43(68-39(77)24-59)54(88)72-45(30(9)74)55(89)66-34(22-37(60)75)48(82)62-31(16-12-14-20-57)47(81)69-41(26(3)4)51(85)65-35(23-38(61)76)49(83)67-36(25-73)50(84)70-42(27(5)6)52(86)71-44(29(8)11-2)53(87)63-32(18-19-40(78)79)46(80)64-33(56(90)91)17-13-15-21-58/h26-36,41-45,73-74H,10-25,57-59H2,1-9H3,(H2,60,75)(H2,61,76)(H,62,82)(H,63,87)(H,64,80)(H,65,85)(H,66,89)(H,67,83)(H,68,77)(H,69,81)(H,70,84)(H,71,86)(H,72,88)(H,78,79)(H,90,91)/t28-,29-,30+,31-,32-,33-,34-,35-,36-,41-,42-,43-,44-,45-/m0/s1. The quantitative estimate of drug-likeness (QED) is 0.0252. The molecule has 35 heteroatoms. The minimum atomic E-state index is -1.91. The number of aliphatic hydroxyl groups excluding tert-OH is 2. The fourth-order valence-electron chi connectivity index (χ4n) is 8.77. The van der Waals surface area contributed by atoms with Crippen LogP contribution in [0.4, 0.5) is 0 Å². The molecule has 0 aliphatic heterocycles. The van der Waals surface area contributed by atoms with E-state index in [4.69, 9.17) is 28.7 Å². The van der Waals surface area contributed by atoms with Gasteiger partial charge in [0.1, 0.15) is 66.5 Å². The minimum absolute atomic E-state index is 0.0256. The van der Waals surface area contributed by atoms with Crippen molar-refractivity contribution >= 4 is 88.7 Å². The van der Waals surface area contributed by atoms with Gasteiger partial charge in [-0.1, -0.05) is 68.2 Å². The highest BCUT2D eigenvalue weighted by Crippen LogP contribution is 2.15. The van der Waals surface area contributed by atoms with Crippen molar-refractivity contribution in [3.8, 4) is 0 Å². The van der Waals surface area contributed by atoms with E-state index in [1.54, 1.807) is 27.7 Å². The van der Waals surface area contributed by atoms with Gasteiger partial charge in [0.2, 0.25) is 76.8 Å². The number of amides is 13. The van der Waals surface area contributed by atoms with Gasteiger partial charge in [-0.25, -0.2) is 4.79 Å². The maximum absolute atomic E-state index is 14.1. The van der Waals surface area contributed by atoms with E-state index in [9.17, 15) is 92.3 Å². The molecule has 0 radical (unpaired) electrons. The first-order valence-electron chi connectivity index (χ1n) is 30.3. The van der Waals surface area contributed by atoms with Gasteiger partial charge in [0.05, 0.1) is 32.1 Å². The predicted octanol–water partition coefficient (Wildman–Crippen LogP) is -6.99. The van der Waals surface area contributed by atoms with Crippen LogP contribution in [0.3, 0.4) is 0 Å². The Morgan fingerprint density at radius 3 is 1.10 bits per heavy atom. The largest absolute Gasteiger partial charge is 0.481 e. The van der Waals surface area contributed by atoms with Crippen molar-refractivity contribution in [3.05, 3.63) is 0 Å². The molecule has 91 heavy (non-hydrogen) atoms. The predicted molar refractivity (Wildman–Crippen MR) is 326 cm³/mol. The highest BCUT2D eigenvalue weighted by molar-refractivity contribution is 6.01. The number of carboxylic acids is 2. The maximum Gasteiger partial charge on any atom is 0.326 e. The summed E-state index contributed by atoms with van der Waals surface area (Å²) in [5.41, 5.74) is 27.5. The number of nitrogens with one attached hydrogen (secondary N) is 11. The summed E-state index contributed by atoms with van der Waals surface area (Å²) in [6.07, 6.45) is -2.82. The van der Waals surface area contributed by atoms with Crippen LogP contribution in [-0.2, 0) is 71.9 Å². The van der Waals surface area contributed by atoms with E-state index in [1.807, 2.05) is 0 Å². The van der Waals surface area contributed by atoms with E-state index in [0.29, 0.717) is 25.7 Å². The Balaban J connectivity index is 6.73. The zero-order valence-electron chi connectivity index (χ0n) is 53.4. The van der Waals surface area contributed by atoms with Crippen molar-refractivity contribution in [1.29, 1.82) is 0 Å². The SMILES string of the molecule is CC[C@H](C)[C@H](NC(=O)CN)C(=O)N[C@H](C(=O)N[C@@H](CC(N)=O)C(=O)N[C@@H](CCCCN)C(=O)N[C@H](C(=O)N[C@@H](CC(N)=O)C(=O)N[C@@H](CO)C(=O)N[C@H](C(=O)N[C@H](C(=O)N[C@@H](CCC(=O)O)C(=O)N[C@@H](CCCCN)C(=O)O)[C@@H](C)CC)C(C)C)C(C)C)[C@@H](C)O. The minimum Gasteiger partial charge on any atom is -0.481 e. The van der Waals surface area contributed by atoms with Crippen LogP contribution in [0.25, 0.3) is 0 Å². The summed E-state index contributed by atoms with van der Waals surface area (Å²) >= 11 is 0. The number of hydrogen-bond acceptors (Lipinski definition) is 20. The molecule has 35 nitrogen and oxygen atoms in total.